The third-order valence-electron chi connectivity index (χ3n) is 3.05. The summed E-state index contributed by atoms with van der Waals surface area (Å²) in [6, 6.07) is 5.71. The molecule has 0 aliphatic rings. The molecule has 1 unspecified atom stereocenters. The monoisotopic (exact) mass is 276 g/mol. The van der Waals surface area contributed by atoms with Crippen LogP contribution in [0.5, 0.6) is 0 Å². The molecule has 5 nitrogen and oxygen atoms in total. The second-order valence-electron chi connectivity index (χ2n) is 4.28. The Hall–Kier alpha value is -1.82. The van der Waals surface area contributed by atoms with Crippen molar-refractivity contribution >= 4 is 17.4 Å². The Kier molecular flexibility index (Phi) is 4.21. The lowest BCUT2D eigenvalue weighted by molar-refractivity contribution is 0.0726. The Balaban J connectivity index is 2.25. The lowest BCUT2D eigenvalue weighted by Gasteiger charge is -2.26. The van der Waals surface area contributed by atoms with E-state index in [-0.39, 0.29) is 11.9 Å². The molecule has 0 saturated carbocycles. The molecule has 1 atom stereocenters. The van der Waals surface area contributed by atoms with Crippen LogP contribution in [0.25, 0.3) is 0 Å². The predicted molar refractivity (Wildman–Crippen MR) is 74.0 cm³/mol. The van der Waals surface area contributed by atoms with Gasteiger partial charge < -0.3 is 4.90 Å². The minimum absolute atomic E-state index is 0.0322. The van der Waals surface area contributed by atoms with Crippen molar-refractivity contribution in [2.45, 2.75) is 26.3 Å². The third kappa shape index (κ3) is 2.78. The van der Waals surface area contributed by atoms with E-state index in [4.69, 9.17) is 0 Å². The van der Waals surface area contributed by atoms with E-state index in [0.717, 1.165) is 23.6 Å². The topological polar surface area (TPSA) is 59.0 Å². The molecule has 2 rings (SSSR count). The molecule has 0 aliphatic heterocycles. The molecule has 2 heterocycles. The van der Waals surface area contributed by atoms with E-state index in [1.54, 1.807) is 25.1 Å². The molecule has 0 spiro atoms. The Morgan fingerprint density at radius 2 is 2.26 bits per heavy atom. The number of aromatic nitrogens is 3. The summed E-state index contributed by atoms with van der Waals surface area (Å²) in [6.07, 6.45) is 2.56. The molecule has 1 amide bonds. The van der Waals surface area contributed by atoms with Gasteiger partial charge in [-0.1, -0.05) is 17.5 Å². The van der Waals surface area contributed by atoms with Gasteiger partial charge in [-0.25, -0.2) is 0 Å². The first-order valence-electron chi connectivity index (χ1n) is 6.12. The third-order valence-corrected chi connectivity index (χ3v) is 3.87. The van der Waals surface area contributed by atoms with Crippen molar-refractivity contribution in [1.82, 2.24) is 19.5 Å². The van der Waals surface area contributed by atoms with Crippen LogP contribution in [-0.4, -0.2) is 32.4 Å². The quantitative estimate of drug-likeness (QED) is 0.860. The smallest absolute Gasteiger partial charge is 0.267 e. The number of aryl methyl sites for hydroxylation is 1. The van der Waals surface area contributed by atoms with Gasteiger partial charge in [0.05, 0.1) is 17.4 Å². The summed E-state index contributed by atoms with van der Waals surface area (Å²) in [5.74, 6) is -0.0509. The maximum atomic E-state index is 12.4. The van der Waals surface area contributed by atoms with Gasteiger partial charge in [0.1, 0.15) is 4.88 Å². The van der Waals surface area contributed by atoms with Gasteiger partial charge in [0, 0.05) is 13.2 Å². The average Bonchev–Trinajstić information content (AvgIpc) is 2.86. The van der Waals surface area contributed by atoms with Crippen LogP contribution >= 0.6 is 11.5 Å². The first-order valence-corrected chi connectivity index (χ1v) is 6.89. The summed E-state index contributed by atoms with van der Waals surface area (Å²) in [7, 11) is 1.80. The van der Waals surface area contributed by atoms with Crippen LogP contribution in [0.1, 0.15) is 40.4 Å². The fourth-order valence-corrected chi connectivity index (χ4v) is 2.62. The highest BCUT2D eigenvalue weighted by molar-refractivity contribution is 7.07. The molecule has 2 aromatic heterocycles. The lowest BCUT2D eigenvalue weighted by Crippen LogP contribution is -2.31. The van der Waals surface area contributed by atoms with Gasteiger partial charge in [-0.2, -0.15) is 0 Å². The van der Waals surface area contributed by atoms with Gasteiger partial charge in [-0.15, -0.1) is 5.10 Å². The van der Waals surface area contributed by atoms with Crippen LogP contribution in [-0.2, 0) is 0 Å². The summed E-state index contributed by atoms with van der Waals surface area (Å²) in [6.45, 7) is 3.84. The molecular weight excluding hydrogens is 260 g/mol. The van der Waals surface area contributed by atoms with E-state index < -0.39 is 0 Å². The molecule has 0 N–H and O–H groups in total. The summed E-state index contributed by atoms with van der Waals surface area (Å²) in [4.78, 5) is 19.1. The van der Waals surface area contributed by atoms with Crippen molar-refractivity contribution in [1.29, 1.82) is 0 Å². The Morgan fingerprint density at radius 3 is 2.79 bits per heavy atom. The van der Waals surface area contributed by atoms with Crippen molar-refractivity contribution < 1.29 is 4.79 Å². The molecular formula is C13H16N4OS. The van der Waals surface area contributed by atoms with Crippen molar-refractivity contribution in [2.75, 3.05) is 7.05 Å². The second kappa shape index (κ2) is 5.88. The van der Waals surface area contributed by atoms with E-state index in [1.165, 1.54) is 0 Å². The van der Waals surface area contributed by atoms with E-state index in [2.05, 4.69) is 14.6 Å². The fraction of sp³-hybridized carbons (Fsp3) is 0.385. The summed E-state index contributed by atoms with van der Waals surface area (Å²) < 4.78 is 3.81. The van der Waals surface area contributed by atoms with Gasteiger partial charge in [0.25, 0.3) is 5.91 Å². The van der Waals surface area contributed by atoms with E-state index >= 15 is 0 Å². The highest BCUT2D eigenvalue weighted by Gasteiger charge is 2.24. The van der Waals surface area contributed by atoms with Gasteiger partial charge in [-0.05, 0) is 37.0 Å². The van der Waals surface area contributed by atoms with Crippen LogP contribution in [0.4, 0.5) is 0 Å². The SMILES string of the molecule is CCC(c1ccccn1)N(C)C(=O)c1snnc1C. The highest BCUT2D eigenvalue weighted by atomic mass is 32.1. The molecule has 6 heteroatoms. The number of amides is 1. The molecule has 0 fully saturated rings. The Bertz CT molecular complexity index is 555. The number of carbonyl (C=O) groups excluding carboxylic acids is 1. The average molecular weight is 276 g/mol. The molecule has 0 aromatic carbocycles. The molecule has 100 valence electrons. The van der Waals surface area contributed by atoms with Gasteiger partial charge in [0.2, 0.25) is 0 Å². The number of nitrogens with zero attached hydrogens (tertiary/aromatic N) is 4. The maximum Gasteiger partial charge on any atom is 0.267 e. The Labute approximate surface area is 116 Å². The van der Waals surface area contributed by atoms with Crippen molar-refractivity contribution in [3.63, 3.8) is 0 Å². The van der Waals surface area contributed by atoms with Gasteiger partial charge in [0.15, 0.2) is 0 Å². The zero-order valence-corrected chi connectivity index (χ0v) is 12.0. The molecule has 0 bridgehead atoms. The first kappa shape index (κ1) is 13.6. The number of rotatable bonds is 4. The maximum absolute atomic E-state index is 12.4. The fourth-order valence-electron chi connectivity index (χ4n) is 1.98. The normalized spacial score (nSPS) is 12.2. The summed E-state index contributed by atoms with van der Waals surface area (Å²) >= 11 is 1.14. The largest absolute Gasteiger partial charge is 0.332 e. The zero-order valence-electron chi connectivity index (χ0n) is 11.2. The summed E-state index contributed by atoms with van der Waals surface area (Å²) in [5, 5.41) is 3.88. The number of pyridine rings is 1. The lowest BCUT2D eigenvalue weighted by atomic mass is 10.1. The number of hydrogen-bond acceptors (Lipinski definition) is 5. The van der Waals surface area contributed by atoms with Crippen LogP contribution in [0.3, 0.4) is 0 Å². The van der Waals surface area contributed by atoms with Gasteiger partial charge >= 0.3 is 0 Å². The minimum Gasteiger partial charge on any atom is -0.332 e. The highest BCUT2D eigenvalue weighted by Crippen LogP contribution is 2.24. The first-order chi connectivity index (χ1) is 9.15. The Morgan fingerprint density at radius 1 is 1.47 bits per heavy atom. The van der Waals surface area contributed by atoms with E-state index in [0.29, 0.717) is 10.6 Å². The molecule has 0 aliphatic carbocycles. The van der Waals surface area contributed by atoms with Crippen LogP contribution in [0.2, 0.25) is 0 Å². The van der Waals surface area contributed by atoms with E-state index in [1.807, 2.05) is 25.1 Å². The van der Waals surface area contributed by atoms with Crippen LogP contribution < -0.4 is 0 Å². The second-order valence-corrected chi connectivity index (χ2v) is 5.04. The molecule has 0 saturated heterocycles. The zero-order chi connectivity index (χ0) is 13.8. The molecule has 2 aromatic rings. The van der Waals surface area contributed by atoms with Crippen molar-refractivity contribution in [3.8, 4) is 0 Å². The van der Waals surface area contributed by atoms with Crippen molar-refractivity contribution in [3.05, 3.63) is 40.7 Å². The molecule has 0 radical (unpaired) electrons. The van der Waals surface area contributed by atoms with Crippen molar-refractivity contribution in [2.24, 2.45) is 0 Å². The minimum atomic E-state index is -0.0509. The van der Waals surface area contributed by atoms with Crippen LogP contribution in [0.15, 0.2) is 24.4 Å². The number of hydrogen-bond donors (Lipinski definition) is 0. The van der Waals surface area contributed by atoms with Crippen LogP contribution in [0, 0.1) is 6.92 Å². The standard InChI is InChI=1S/C13H16N4OS/c1-4-11(10-7-5-6-8-14-10)17(3)13(18)12-9(2)15-16-19-12/h5-8,11H,4H2,1-3H3. The van der Waals surface area contributed by atoms with E-state index in [9.17, 15) is 4.79 Å². The predicted octanol–water partition coefficient (Wildman–Crippen LogP) is 2.46. The number of carbonyl (C=O) groups is 1. The van der Waals surface area contributed by atoms with Gasteiger partial charge in [-0.3, -0.25) is 9.78 Å². The molecule has 19 heavy (non-hydrogen) atoms. The summed E-state index contributed by atoms with van der Waals surface area (Å²) in [5.41, 5.74) is 1.58.